The number of halogens is 2. The predicted octanol–water partition coefficient (Wildman–Crippen LogP) is 6.35. The smallest absolute Gasteiger partial charge is 0.337 e. The summed E-state index contributed by atoms with van der Waals surface area (Å²) in [5.41, 5.74) is 2.65. The maximum atomic E-state index is 11.5. The van der Waals surface area contributed by atoms with Crippen molar-refractivity contribution in [2.24, 2.45) is 0 Å². The van der Waals surface area contributed by atoms with Crippen molar-refractivity contribution in [1.82, 2.24) is 0 Å². The Morgan fingerprint density at radius 1 is 1.06 bits per heavy atom. The first-order valence-electron chi connectivity index (χ1n) is 9.87. The van der Waals surface area contributed by atoms with Crippen molar-refractivity contribution in [3.8, 4) is 11.5 Å². The van der Waals surface area contributed by atoms with Gasteiger partial charge in [-0.25, -0.2) is 9.59 Å². The van der Waals surface area contributed by atoms with Gasteiger partial charge in [-0.05, 0) is 63.0 Å². The molecule has 0 saturated heterocycles. The van der Waals surface area contributed by atoms with Crippen LogP contribution in [-0.4, -0.2) is 37.4 Å². The van der Waals surface area contributed by atoms with Crippen LogP contribution < -0.4 is 4.74 Å². The van der Waals surface area contributed by atoms with Gasteiger partial charge in [0.2, 0.25) is 0 Å². The van der Waals surface area contributed by atoms with Gasteiger partial charge in [0, 0.05) is 23.0 Å². The van der Waals surface area contributed by atoms with Crippen LogP contribution in [0.3, 0.4) is 0 Å². The van der Waals surface area contributed by atoms with Crippen LogP contribution in [0.1, 0.15) is 64.4 Å². The first kappa shape index (κ1) is 25.9. The highest BCUT2D eigenvalue weighted by atomic mass is 79.9. The molecule has 1 aliphatic heterocycles. The number of methoxy groups -OCH3 is 2. The van der Waals surface area contributed by atoms with E-state index in [2.05, 4.69) is 50.1 Å². The lowest BCUT2D eigenvalue weighted by atomic mass is 9.97. The Kier molecular flexibility index (Phi) is 8.92. The topological polar surface area (TPSA) is 82.1 Å². The Hall–Kier alpha value is -2.32. The van der Waals surface area contributed by atoms with Crippen molar-refractivity contribution >= 4 is 43.8 Å². The molecule has 1 aliphatic rings. The van der Waals surface area contributed by atoms with Crippen LogP contribution in [0.4, 0.5) is 0 Å². The summed E-state index contributed by atoms with van der Waals surface area (Å²) in [5, 5.41) is 9.83. The number of aromatic hydroxyl groups is 1. The highest BCUT2D eigenvalue weighted by Crippen LogP contribution is 2.43. The second-order valence-electron chi connectivity index (χ2n) is 7.39. The van der Waals surface area contributed by atoms with Gasteiger partial charge in [0.05, 0.1) is 34.3 Å². The lowest BCUT2D eigenvalue weighted by molar-refractivity contribution is 0.0591. The number of fused-ring (bicyclic) bond motifs is 1. The zero-order valence-corrected chi connectivity index (χ0v) is 21.7. The van der Waals surface area contributed by atoms with Gasteiger partial charge < -0.3 is 19.3 Å². The summed E-state index contributed by atoms with van der Waals surface area (Å²) in [5.74, 6) is 0.456. The van der Waals surface area contributed by atoms with Crippen LogP contribution in [0.25, 0.3) is 0 Å². The normalized spacial score (nSPS) is 17.2. The van der Waals surface area contributed by atoms with E-state index >= 15 is 0 Å². The number of hydrogen-bond donors (Lipinski definition) is 1. The Labute approximate surface area is 204 Å². The largest absolute Gasteiger partial charge is 0.506 e. The summed E-state index contributed by atoms with van der Waals surface area (Å²) in [4.78, 5) is 22.9. The van der Waals surface area contributed by atoms with Gasteiger partial charge in [-0.3, -0.25) is 0 Å². The van der Waals surface area contributed by atoms with Crippen molar-refractivity contribution in [3.05, 3.63) is 68.1 Å². The van der Waals surface area contributed by atoms with Crippen molar-refractivity contribution in [1.29, 1.82) is 0 Å². The standard InChI is InChI=1S/2C12H13BrO3/c1-6-7(2)16-11-9(6)4-8(5-10(11)13)12(14)15-3;1-4-7(2)9-5-8(12(15)16-3)6-10(13)11(9)14/h4-7H,1-3H3;4-7,14H,1H2,2-3H3/t6-,7-;/m0./s1. The third-order valence-corrected chi connectivity index (χ3v) is 6.54. The van der Waals surface area contributed by atoms with Gasteiger partial charge >= 0.3 is 11.9 Å². The minimum Gasteiger partial charge on any atom is -0.506 e. The van der Waals surface area contributed by atoms with E-state index in [1.165, 1.54) is 20.3 Å². The lowest BCUT2D eigenvalue weighted by Crippen LogP contribution is -2.10. The van der Waals surface area contributed by atoms with Crippen LogP contribution in [0.15, 0.2) is 45.9 Å². The number of phenols is 1. The summed E-state index contributed by atoms with van der Waals surface area (Å²) in [6.45, 7) is 9.65. The third kappa shape index (κ3) is 5.53. The molecule has 0 amide bonds. The molecular formula is C24H26Br2O6. The minimum atomic E-state index is -0.432. The van der Waals surface area contributed by atoms with Crippen LogP contribution in [-0.2, 0) is 9.47 Å². The molecule has 0 aliphatic carbocycles. The maximum Gasteiger partial charge on any atom is 0.337 e. The van der Waals surface area contributed by atoms with Crippen molar-refractivity contribution in [3.63, 3.8) is 0 Å². The van der Waals surface area contributed by atoms with Crippen LogP contribution >= 0.6 is 31.9 Å². The summed E-state index contributed by atoms with van der Waals surface area (Å²) in [7, 11) is 2.70. The van der Waals surface area contributed by atoms with Gasteiger partial charge in [-0.1, -0.05) is 19.9 Å². The maximum absolute atomic E-state index is 11.5. The summed E-state index contributed by atoms with van der Waals surface area (Å²) >= 11 is 6.62. The second kappa shape index (κ2) is 11.0. The van der Waals surface area contributed by atoms with E-state index in [1.54, 1.807) is 18.2 Å². The highest BCUT2D eigenvalue weighted by molar-refractivity contribution is 9.10. The number of ether oxygens (including phenoxy) is 3. The summed E-state index contributed by atoms with van der Waals surface area (Å²) in [6.07, 6.45) is 1.84. The Balaban J connectivity index is 0.000000227. The number of carbonyl (C=O) groups is 2. The molecule has 0 aromatic heterocycles. The molecule has 2 aromatic rings. The molecule has 1 N–H and O–H groups in total. The molecule has 0 fully saturated rings. The molecule has 2 aromatic carbocycles. The molecule has 172 valence electrons. The fourth-order valence-electron chi connectivity index (χ4n) is 3.18. The number of rotatable bonds is 4. The molecule has 32 heavy (non-hydrogen) atoms. The molecule has 8 heteroatoms. The Morgan fingerprint density at radius 2 is 1.59 bits per heavy atom. The Morgan fingerprint density at radius 3 is 2.12 bits per heavy atom. The quantitative estimate of drug-likeness (QED) is 0.341. The molecule has 6 nitrogen and oxygen atoms in total. The molecular weight excluding hydrogens is 544 g/mol. The van der Waals surface area contributed by atoms with E-state index < -0.39 is 5.97 Å². The average Bonchev–Trinajstić information content (AvgIpc) is 3.08. The zero-order valence-electron chi connectivity index (χ0n) is 18.6. The molecule has 3 rings (SSSR count). The van der Waals surface area contributed by atoms with E-state index in [0.29, 0.717) is 21.2 Å². The first-order chi connectivity index (χ1) is 15.0. The lowest BCUT2D eigenvalue weighted by Gasteiger charge is -2.12. The number of allylic oxidation sites excluding steroid dienone is 1. The van der Waals surface area contributed by atoms with Gasteiger partial charge in [0.15, 0.2) is 0 Å². The zero-order chi connectivity index (χ0) is 24.2. The van der Waals surface area contributed by atoms with Gasteiger partial charge in [0.1, 0.15) is 17.6 Å². The molecule has 1 heterocycles. The van der Waals surface area contributed by atoms with Gasteiger partial charge in [-0.2, -0.15) is 0 Å². The van der Waals surface area contributed by atoms with Gasteiger partial charge in [-0.15, -0.1) is 6.58 Å². The fraction of sp³-hybridized carbons (Fsp3) is 0.333. The van der Waals surface area contributed by atoms with E-state index in [1.807, 2.05) is 19.9 Å². The van der Waals surface area contributed by atoms with E-state index in [4.69, 9.17) is 9.47 Å². The van der Waals surface area contributed by atoms with Crippen molar-refractivity contribution in [2.75, 3.05) is 14.2 Å². The minimum absolute atomic E-state index is 0.0408. The monoisotopic (exact) mass is 568 g/mol. The number of hydrogen-bond acceptors (Lipinski definition) is 6. The summed E-state index contributed by atoms with van der Waals surface area (Å²) < 4.78 is 16.3. The third-order valence-electron chi connectivity index (χ3n) is 5.35. The van der Waals surface area contributed by atoms with Crippen molar-refractivity contribution < 1.29 is 28.9 Å². The average molecular weight is 570 g/mol. The summed E-state index contributed by atoms with van der Waals surface area (Å²) in [6, 6.07) is 6.72. The number of phenolic OH excluding ortho intramolecular Hbond substituents is 1. The highest BCUT2D eigenvalue weighted by Gasteiger charge is 2.30. The van der Waals surface area contributed by atoms with E-state index in [0.717, 1.165) is 15.8 Å². The van der Waals surface area contributed by atoms with Crippen LogP contribution in [0.5, 0.6) is 11.5 Å². The van der Waals surface area contributed by atoms with E-state index in [9.17, 15) is 14.7 Å². The molecule has 0 saturated carbocycles. The SMILES string of the molecule is C=CC(C)c1cc(C(=O)OC)cc(Br)c1O.COC(=O)c1cc(Br)c2c(c1)[C@@H](C)[C@H](C)O2. The molecule has 0 spiro atoms. The Bertz CT molecular complexity index is 1030. The molecule has 1 unspecified atom stereocenters. The predicted molar refractivity (Wildman–Crippen MR) is 130 cm³/mol. The van der Waals surface area contributed by atoms with Crippen LogP contribution in [0.2, 0.25) is 0 Å². The van der Waals surface area contributed by atoms with E-state index in [-0.39, 0.29) is 29.7 Å². The van der Waals surface area contributed by atoms with Crippen LogP contribution in [0, 0.1) is 0 Å². The molecule has 0 radical (unpaired) electrons. The van der Waals surface area contributed by atoms with Crippen molar-refractivity contribution in [2.45, 2.75) is 38.7 Å². The van der Waals surface area contributed by atoms with Gasteiger partial charge in [0.25, 0.3) is 0 Å². The number of esters is 2. The molecule has 3 atom stereocenters. The molecule has 0 bridgehead atoms. The second-order valence-corrected chi connectivity index (χ2v) is 9.10. The number of carbonyl (C=O) groups excluding carboxylic acids is 2. The first-order valence-corrected chi connectivity index (χ1v) is 11.5. The number of benzene rings is 2. The fourth-order valence-corrected chi connectivity index (χ4v) is 4.23.